The van der Waals surface area contributed by atoms with Crippen molar-refractivity contribution in [1.82, 2.24) is 29.6 Å². The Morgan fingerprint density at radius 2 is 1.22 bits per heavy atom. The summed E-state index contributed by atoms with van der Waals surface area (Å²) in [6.45, 7) is 7.25. The van der Waals surface area contributed by atoms with Crippen LogP contribution < -0.4 is 0 Å². The molecule has 3 aromatic carbocycles. The van der Waals surface area contributed by atoms with Crippen LogP contribution in [0.15, 0.2) is 85.2 Å². The maximum Gasteiger partial charge on any atom is 0.254 e. The third-order valence-corrected chi connectivity index (χ3v) is 10.9. The van der Waals surface area contributed by atoms with Gasteiger partial charge >= 0.3 is 0 Å². The van der Waals surface area contributed by atoms with Crippen LogP contribution in [0.25, 0.3) is 21.8 Å². The van der Waals surface area contributed by atoms with Gasteiger partial charge in [-0.15, -0.1) is 0 Å². The number of nitrogens with one attached hydrogen (secondary N) is 2. The number of rotatable bonds is 12. The normalized spacial score (nSPS) is 16.3. The summed E-state index contributed by atoms with van der Waals surface area (Å²) < 4.78 is 0. The van der Waals surface area contributed by atoms with E-state index in [2.05, 4.69) is 56.3 Å². The molecule has 0 bridgehead atoms. The van der Waals surface area contributed by atoms with E-state index in [4.69, 9.17) is 0 Å². The fourth-order valence-corrected chi connectivity index (χ4v) is 7.92. The fourth-order valence-electron chi connectivity index (χ4n) is 7.92. The van der Waals surface area contributed by atoms with E-state index in [0.717, 1.165) is 43.5 Å². The van der Waals surface area contributed by atoms with Gasteiger partial charge < -0.3 is 29.6 Å². The second-order valence-electron chi connectivity index (χ2n) is 14.0. The molecule has 0 saturated carbocycles. The Kier molecular flexibility index (Phi) is 10.4. The number of hydrogen-bond donors (Lipinski definition) is 2. The molecule has 2 fully saturated rings. The number of carbonyl (C=O) groups excluding carboxylic acids is 2. The number of aromatic nitrogens is 2. The van der Waals surface area contributed by atoms with Crippen LogP contribution in [0.4, 0.5) is 0 Å². The Hall–Kier alpha value is -4.40. The predicted octanol–water partition coefficient (Wildman–Crippen LogP) is 6.60. The zero-order valence-electron chi connectivity index (χ0n) is 28.9. The van der Waals surface area contributed by atoms with Gasteiger partial charge in [0.25, 0.3) is 11.8 Å². The van der Waals surface area contributed by atoms with Crippen LogP contribution in [-0.4, -0.2) is 107 Å². The van der Waals surface area contributed by atoms with Crippen LogP contribution in [-0.2, 0) is 12.8 Å². The van der Waals surface area contributed by atoms with Crippen molar-refractivity contribution in [2.24, 2.45) is 0 Å². The average Bonchev–Trinajstić information content (AvgIpc) is 3.78. The zero-order chi connectivity index (χ0) is 33.6. The van der Waals surface area contributed by atoms with E-state index in [0.29, 0.717) is 36.8 Å². The largest absolute Gasteiger partial charge is 0.361 e. The molecule has 7 rings (SSSR count). The number of carbonyl (C=O) groups is 2. The topological polar surface area (TPSA) is 78.7 Å². The molecule has 8 nitrogen and oxygen atoms in total. The molecule has 2 aliphatic heterocycles. The Morgan fingerprint density at radius 3 is 1.86 bits per heavy atom. The van der Waals surface area contributed by atoms with Crippen LogP contribution in [0, 0.1) is 0 Å². The van der Waals surface area contributed by atoms with Gasteiger partial charge in [0.2, 0.25) is 0 Å². The molecule has 0 spiro atoms. The average molecular weight is 659 g/mol. The van der Waals surface area contributed by atoms with Gasteiger partial charge in [-0.05, 0) is 100 Å². The van der Waals surface area contributed by atoms with Crippen molar-refractivity contribution in [2.75, 3.05) is 59.4 Å². The SMILES string of the molecule is CN(CCc1c[nH]c2ccccc12)C(=O)c1ccccc1C(=O)N(CCc1c[nH]c2ccccc12)CCN1CCC(N2CCCCC2)CC1. The van der Waals surface area contributed by atoms with Crippen molar-refractivity contribution in [3.63, 3.8) is 0 Å². The van der Waals surface area contributed by atoms with Crippen LogP contribution >= 0.6 is 0 Å². The number of para-hydroxylation sites is 2. The third kappa shape index (κ3) is 7.61. The molecule has 0 atom stereocenters. The van der Waals surface area contributed by atoms with Crippen LogP contribution in [0.1, 0.15) is 63.9 Å². The minimum Gasteiger partial charge on any atom is -0.361 e. The zero-order valence-corrected chi connectivity index (χ0v) is 28.9. The van der Waals surface area contributed by atoms with Gasteiger partial charge in [0.1, 0.15) is 0 Å². The summed E-state index contributed by atoms with van der Waals surface area (Å²) in [7, 11) is 1.83. The fraction of sp³-hybridized carbons (Fsp3) is 0.415. The van der Waals surface area contributed by atoms with E-state index in [1.54, 1.807) is 11.0 Å². The van der Waals surface area contributed by atoms with E-state index in [1.807, 2.05) is 54.5 Å². The first-order chi connectivity index (χ1) is 24.0. The van der Waals surface area contributed by atoms with Crippen molar-refractivity contribution in [3.05, 3.63) is 107 Å². The van der Waals surface area contributed by atoms with Crippen LogP contribution in [0.3, 0.4) is 0 Å². The number of fused-ring (bicyclic) bond motifs is 2. The van der Waals surface area contributed by atoms with Crippen molar-refractivity contribution >= 4 is 33.6 Å². The van der Waals surface area contributed by atoms with Crippen molar-refractivity contribution in [1.29, 1.82) is 0 Å². The quantitative estimate of drug-likeness (QED) is 0.158. The molecule has 8 heteroatoms. The first kappa shape index (κ1) is 33.1. The van der Waals surface area contributed by atoms with E-state index in [-0.39, 0.29) is 11.8 Å². The molecule has 0 unspecified atom stereocenters. The molecule has 2 saturated heterocycles. The summed E-state index contributed by atoms with van der Waals surface area (Å²) in [4.78, 5) is 44.1. The summed E-state index contributed by atoms with van der Waals surface area (Å²) in [6, 6.07) is 24.6. The van der Waals surface area contributed by atoms with Crippen LogP contribution in [0.5, 0.6) is 0 Å². The number of hydrogen-bond acceptors (Lipinski definition) is 4. The lowest BCUT2D eigenvalue weighted by Crippen LogP contribution is -2.48. The molecule has 2 aliphatic rings. The number of H-pyrrole nitrogens is 2. The number of piperidine rings is 2. The summed E-state index contributed by atoms with van der Waals surface area (Å²) in [5.41, 5.74) is 5.54. The third-order valence-electron chi connectivity index (χ3n) is 10.9. The Morgan fingerprint density at radius 1 is 0.673 bits per heavy atom. The molecule has 2 amide bonds. The molecular weight excluding hydrogens is 608 g/mol. The molecule has 0 radical (unpaired) electrons. The number of aromatic amines is 2. The number of likely N-dealkylation sites (N-methyl/N-ethyl adjacent to an activating group) is 1. The number of nitrogens with zero attached hydrogens (tertiary/aromatic N) is 4. The Balaban J connectivity index is 1.04. The summed E-state index contributed by atoms with van der Waals surface area (Å²) in [5.74, 6) is -0.197. The lowest BCUT2D eigenvalue weighted by atomic mass is 10.00. The number of likely N-dealkylation sites (tertiary alicyclic amines) is 2. The second kappa shape index (κ2) is 15.4. The Bertz CT molecular complexity index is 1860. The summed E-state index contributed by atoms with van der Waals surface area (Å²) in [6.07, 6.45) is 12.0. The smallest absolute Gasteiger partial charge is 0.254 e. The predicted molar refractivity (Wildman–Crippen MR) is 198 cm³/mol. The van der Waals surface area contributed by atoms with Gasteiger partial charge in [0, 0.05) is 73.5 Å². The minimum absolute atomic E-state index is 0.0722. The van der Waals surface area contributed by atoms with E-state index < -0.39 is 0 Å². The van der Waals surface area contributed by atoms with Gasteiger partial charge in [-0.1, -0.05) is 55.0 Å². The lowest BCUT2D eigenvalue weighted by molar-refractivity contribution is 0.0671. The number of amides is 2. The first-order valence-electron chi connectivity index (χ1n) is 18.3. The van der Waals surface area contributed by atoms with Gasteiger partial charge in [-0.3, -0.25) is 9.59 Å². The molecule has 2 N–H and O–H groups in total. The van der Waals surface area contributed by atoms with E-state index in [1.165, 1.54) is 67.1 Å². The highest BCUT2D eigenvalue weighted by Gasteiger charge is 2.28. The number of benzene rings is 3. The first-order valence-corrected chi connectivity index (χ1v) is 18.3. The minimum atomic E-state index is -0.125. The van der Waals surface area contributed by atoms with Gasteiger partial charge in [0.15, 0.2) is 0 Å². The van der Waals surface area contributed by atoms with E-state index >= 15 is 0 Å². The Labute approximate surface area is 290 Å². The molecule has 256 valence electrons. The van der Waals surface area contributed by atoms with Gasteiger partial charge in [-0.25, -0.2) is 0 Å². The summed E-state index contributed by atoms with van der Waals surface area (Å²) >= 11 is 0. The monoisotopic (exact) mass is 658 g/mol. The molecular formula is C41H50N6O2. The maximum atomic E-state index is 14.5. The van der Waals surface area contributed by atoms with Crippen molar-refractivity contribution < 1.29 is 9.59 Å². The van der Waals surface area contributed by atoms with E-state index in [9.17, 15) is 9.59 Å². The molecule has 0 aliphatic carbocycles. The standard InChI is InChI=1S/C41H50N6O2/c1-44(23-17-31-29-42-38-15-7-5-11-34(31)38)40(48)36-13-3-4-14-37(36)41(49)47(26-18-32-30-43-39-16-8-6-12-35(32)39)28-27-45-24-19-33(20-25-45)46-21-9-2-10-22-46/h3-8,11-16,29-30,33,42-43H,2,9-10,17-28H2,1H3. The van der Waals surface area contributed by atoms with Crippen LogP contribution in [0.2, 0.25) is 0 Å². The highest BCUT2D eigenvalue weighted by atomic mass is 16.2. The molecule has 2 aromatic heterocycles. The van der Waals surface area contributed by atoms with Gasteiger partial charge in [-0.2, -0.15) is 0 Å². The molecule has 4 heterocycles. The molecule has 5 aromatic rings. The maximum absolute atomic E-state index is 14.5. The van der Waals surface area contributed by atoms with Crippen molar-refractivity contribution in [3.8, 4) is 0 Å². The molecule has 49 heavy (non-hydrogen) atoms. The lowest BCUT2D eigenvalue weighted by Gasteiger charge is -2.40. The second-order valence-corrected chi connectivity index (χ2v) is 14.0. The van der Waals surface area contributed by atoms with Gasteiger partial charge in [0.05, 0.1) is 11.1 Å². The summed E-state index contributed by atoms with van der Waals surface area (Å²) in [5, 5.41) is 2.38. The highest BCUT2D eigenvalue weighted by molar-refractivity contribution is 6.07. The van der Waals surface area contributed by atoms with Crippen molar-refractivity contribution in [2.45, 2.75) is 51.0 Å². The highest BCUT2D eigenvalue weighted by Crippen LogP contribution is 2.23.